The summed E-state index contributed by atoms with van der Waals surface area (Å²) in [6.07, 6.45) is 79.5. The summed E-state index contributed by atoms with van der Waals surface area (Å²) < 4.78 is 11.3. The second-order valence-electron chi connectivity index (χ2n) is 25.4. The molecule has 0 aliphatic carbocycles. The van der Waals surface area contributed by atoms with Gasteiger partial charge in [0.05, 0.1) is 25.4 Å². The van der Waals surface area contributed by atoms with Crippen molar-refractivity contribution in [2.75, 3.05) is 13.2 Å². The van der Waals surface area contributed by atoms with Crippen molar-refractivity contribution in [2.45, 2.75) is 403 Å². The van der Waals surface area contributed by atoms with Crippen LogP contribution in [0.25, 0.3) is 0 Å². The number of aliphatic hydroxyl groups is 5. The molecule has 9 heteroatoms. The number of ether oxygens (including phenoxy) is 2. The van der Waals surface area contributed by atoms with Gasteiger partial charge < -0.3 is 40.3 Å². The van der Waals surface area contributed by atoms with Gasteiger partial charge in [-0.25, -0.2) is 0 Å². The number of nitrogens with one attached hydrogen (secondary N) is 1. The van der Waals surface area contributed by atoms with E-state index in [-0.39, 0.29) is 12.5 Å². The fourth-order valence-electron chi connectivity index (χ4n) is 11.7. The van der Waals surface area contributed by atoms with Gasteiger partial charge in [-0.2, -0.15) is 0 Å². The summed E-state index contributed by atoms with van der Waals surface area (Å²) in [4.78, 5) is 13.1. The van der Waals surface area contributed by atoms with Gasteiger partial charge in [-0.15, -0.1) is 0 Å². The van der Waals surface area contributed by atoms with Crippen LogP contribution in [0, 0.1) is 0 Å². The molecule has 0 bridgehead atoms. The second kappa shape index (κ2) is 63.2. The van der Waals surface area contributed by atoms with Gasteiger partial charge in [-0.3, -0.25) is 4.79 Å². The van der Waals surface area contributed by atoms with E-state index < -0.39 is 49.5 Å². The number of rotatable bonds is 64. The maximum atomic E-state index is 13.1. The second-order valence-corrected chi connectivity index (χ2v) is 25.4. The number of amides is 1. The van der Waals surface area contributed by atoms with Crippen LogP contribution in [-0.4, -0.2) is 87.5 Å². The van der Waals surface area contributed by atoms with Gasteiger partial charge in [-0.05, 0) is 64.2 Å². The van der Waals surface area contributed by atoms with E-state index in [9.17, 15) is 30.3 Å². The van der Waals surface area contributed by atoms with Gasteiger partial charge in [0.1, 0.15) is 24.4 Å². The van der Waals surface area contributed by atoms with Gasteiger partial charge in [0, 0.05) is 6.42 Å². The quantitative estimate of drug-likeness (QED) is 0.0261. The Bertz CT molecular complexity index is 1450. The highest BCUT2D eigenvalue weighted by Crippen LogP contribution is 2.23. The zero-order valence-corrected chi connectivity index (χ0v) is 54.7. The topological polar surface area (TPSA) is 149 Å². The predicted octanol–water partition coefficient (Wildman–Crippen LogP) is 20.0. The summed E-state index contributed by atoms with van der Waals surface area (Å²) in [5.74, 6) is -0.180. The molecule has 1 aliphatic heterocycles. The summed E-state index contributed by atoms with van der Waals surface area (Å²) >= 11 is 0. The van der Waals surface area contributed by atoms with Gasteiger partial charge >= 0.3 is 0 Å². The molecule has 7 unspecified atom stereocenters. The molecule has 0 spiro atoms. The van der Waals surface area contributed by atoms with Crippen LogP contribution in [0.15, 0.2) is 48.6 Å². The van der Waals surface area contributed by atoms with Gasteiger partial charge in [0.25, 0.3) is 0 Å². The molecule has 0 aromatic rings. The fraction of sp³-hybridized carbons (Fsp3) is 0.878. The zero-order chi connectivity index (χ0) is 60.0. The summed E-state index contributed by atoms with van der Waals surface area (Å²) in [7, 11) is 0. The molecular formula is C74H139NO8. The van der Waals surface area contributed by atoms with Gasteiger partial charge in [0.15, 0.2) is 6.29 Å². The molecule has 1 amide bonds. The van der Waals surface area contributed by atoms with Gasteiger partial charge in [-0.1, -0.05) is 339 Å². The Labute approximate surface area is 514 Å². The maximum Gasteiger partial charge on any atom is 0.220 e. The van der Waals surface area contributed by atoms with Crippen LogP contribution < -0.4 is 5.32 Å². The van der Waals surface area contributed by atoms with E-state index in [0.29, 0.717) is 6.42 Å². The van der Waals surface area contributed by atoms with Crippen LogP contribution in [-0.2, 0) is 14.3 Å². The number of hydrogen-bond acceptors (Lipinski definition) is 8. The van der Waals surface area contributed by atoms with Crippen LogP contribution in [0.3, 0.4) is 0 Å². The molecule has 7 atom stereocenters. The minimum atomic E-state index is -1.57. The van der Waals surface area contributed by atoms with Crippen molar-refractivity contribution < 1.29 is 39.8 Å². The predicted molar refractivity (Wildman–Crippen MR) is 355 cm³/mol. The first-order chi connectivity index (χ1) is 40.8. The summed E-state index contributed by atoms with van der Waals surface area (Å²) in [6, 6.07) is -0.823. The number of carbonyl (C=O) groups excluding carboxylic acids is 1. The number of unbranched alkanes of at least 4 members (excludes halogenated alkanes) is 48. The summed E-state index contributed by atoms with van der Waals surface area (Å²) in [5, 5.41) is 54.8. The minimum Gasteiger partial charge on any atom is -0.394 e. The lowest BCUT2D eigenvalue weighted by atomic mass is 9.99. The highest BCUT2D eigenvalue weighted by atomic mass is 16.7. The van der Waals surface area contributed by atoms with Crippen molar-refractivity contribution in [1.82, 2.24) is 5.32 Å². The lowest BCUT2D eigenvalue weighted by Gasteiger charge is -2.40. The highest BCUT2D eigenvalue weighted by Gasteiger charge is 2.44. The molecule has 0 saturated carbocycles. The third-order valence-electron chi connectivity index (χ3n) is 17.4. The Morgan fingerprint density at radius 2 is 0.723 bits per heavy atom. The molecule has 9 nitrogen and oxygen atoms in total. The molecule has 488 valence electrons. The van der Waals surface area contributed by atoms with Crippen molar-refractivity contribution in [1.29, 1.82) is 0 Å². The van der Waals surface area contributed by atoms with E-state index >= 15 is 0 Å². The van der Waals surface area contributed by atoms with Crippen LogP contribution in [0.1, 0.15) is 361 Å². The molecule has 83 heavy (non-hydrogen) atoms. The van der Waals surface area contributed by atoms with Crippen molar-refractivity contribution in [3.8, 4) is 0 Å². The first-order valence-corrected chi connectivity index (χ1v) is 36.4. The van der Waals surface area contributed by atoms with Crippen molar-refractivity contribution in [3.05, 3.63) is 48.6 Å². The Morgan fingerprint density at radius 3 is 1.08 bits per heavy atom. The molecule has 1 saturated heterocycles. The Kier molecular flexibility index (Phi) is 60.3. The molecular weight excluding hydrogens is 1030 g/mol. The van der Waals surface area contributed by atoms with E-state index in [0.717, 1.165) is 44.9 Å². The van der Waals surface area contributed by atoms with Crippen LogP contribution >= 0.6 is 0 Å². The minimum absolute atomic E-state index is 0.180. The molecule has 6 N–H and O–H groups in total. The van der Waals surface area contributed by atoms with E-state index in [1.54, 1.807) is 6.08 Å². The van der Waals surface area contributed by atoms with Gasteiger partial charge in [0.2, 0.25) is 5.91 Å². The lowest BCUT2D eigenvalue weighted by Crippen LogP contribution is -2.60. The molecule has 1 heterocycles. The monoisotopic (exact) mass is 1170 g/mol. The highest BCUT2D eigenvalue weighted by molar-refractivity contribution is 5.76. The molecule has 1 rings (SSSR count). The maximum absolute atomic E-state index is 13.1. The summed E-state index contributed by atoms with van der Waals surface area (Å²) in [6.45, 7) is 3.81. The van der Waals surface area contributed by atoms with Crippen LogP contribution in [0.4, 0.5) is 0 Å². The van der Waals surface area contributed by atoms with Crippen molar-refractivity contribution >= 4 is 5.91 Å². The van der Waals surface area contributed by atoms with E-state index in [1.165, 1.54) is 295 Å². The van der Waals surface area contributed by atoms with E-state index in [2.05, 4.69) is 55.6 Å². The fourth-order valence-corrected chi connectivity index (χ4v) is 11.7. The Balaban J connectivity index is 2.12. The molecule has 0 aromatic carbocycles. The molecule has 0 aromatic heterocycles. The van der Waals surface area contributed by atoms with Crippen LogP contribution in [0.2, 0.25) is 0 Å². The largest absolute Gasteiger partial charge is 0.394 e. The van der Waals surface area contributed by atoms with Crippen LogP contribution in [0.5, 0.6) is 0 Å². The molecule has 1 fully saturated rings. The van der Waals surface area contributed by atoms with Crippen molar-refractivity contribution in [2.24, 2.45) is 0 Å². The first kappa shape index (κ1) is 79.2. The number of allylic oxidation sites excluding steroid dienone is 7. The smallest absolute Gasteiger partial charge is 0.220 e. The Hall–Kier alpha value is -1.85. The SMILES string of the molecule is CCCCCCC/C=C\C/C=C\CCCCCCCCCCCCCCCCCCCCCCCC(=O)NC(COC1OC(CO)C(O)C(O)C1O)C(O)/C=C/CC/C=C/CCCCCCCCCCCCCCCCCCCCCCC. The van der Waals surface area contributed by atoms with Crippen molar-refractivity contribution in [3.63, 3.8) is 0 Å². The lowest BCUT2D eigenvalue weighted by molar-refractivity contribution is -0.302. The standard InChI is InChI=1S/C74H139NO8/c1-3-5-7-9-11-13-15-17-19-21-23-25-27-29-31-32-33-34-35-36-38-40-42-44-46-48-50-52-54-56-58-60-62-64-70(78)75-67(66-82-74-73(81)72(80)71(79)69(65-76)83-74)68(77)63-61-59-57-55-53-51-49-47-45-43-41-39-37-30-28-26-24-22-20-18-16-14-12-10-8-6-4-2/h15,17,21,23,53,55,61,63,67-69,71-74,76-77,79-81H,3-14,16,18-20,22,24-52,54,56-60,62,64-66H2,1-2H3,(H,75,78)/b17-15-,23-21-,55-53+,63-61+. The normalized spacial score (nSPS) is 18.5. The summed E-state index contributed by atoms with van der Waals surface area (Å²) in [5.41, 5.74) is 0. The molecule has 0 radical (unpaired) electrons. The van der Waals surface area contributed by atoms with E-state index in [4.69, 9.17) is 9.47 Å². The average Bonchev–Trinajstić information content (AvgIpc) is 3.61. The number of aliphatic hydroxyl groups excluding tert-OH is 5. The Morgan fingerprint density at radius 1 is 0.410 bits per heavy atom. The third-order valence-corrected chi connectivity index (χ3v) is 17.4. The zero-order valence-electron chi connectivity index (χ0n) is 54.7. The third kappa shape index (κ3) is 51.9. The molecule has 1 aliphatic rings. The van der Waals surface area contributed by atoms with E-state index in [1.807, 2.05) is 6.08 Å². The first-order valence-electron chi connectivity index (χ1n) is 36.4. The number of carbonyl (C=O) groups is 1. The number of hydrogen-bond donors (Lipinski definition) is 6. The average molecular weight is 1170 g/mol.